The molecule has 0 saturated carbocycles. The number of nitrogens with zero attached hydrogens (tertiary/aromatic N) is 1. The third kappa shape index (κ3) is 10.1. The SMILES string of the molecule is C=C1CC/C(c2ccc3c4ccccc4n(-c4ccc(N)c(/C=C/C=C\C=C/C)c4)c3c2)=C\NC(/C=C2/C=CC=CC2)Cc2ccccc21.CC.Nc1ccccc1. The number of para-hydroxylation sites is 2. The number of allylic oxidation sites excluding steroid dienone is 12. The van der Waals surface area contributed by atoms with Gasteiger partial charge >= 0.3 is 0 Å². The highest BCUT2D eigenvalue weighted by Gasteiger charge is 2.18. The Kier molecular flexibility index (Phi) is 14.4. The lowest BCUT2D eigenvalue weighted by Crippen LogP contribution is -2.26. The molecule has 0 fully saturated rings. The molecule has 1 atom stereocenters. The van der Waals surface area contributed by atoms with Crippen molar-refractivity contribution < 1.29 is 0 Å². The Morgan fingerprint density at radius 2 is 1.50 bits per heavy atom. The summed E-state index contributed by atoms with van der Waals surface area (Å²) in [5.41, 5.74) is 25.4. The van der Waals surface area contributed by atoms with Gasteiger partial charge in [-0.3, -0.25) is 0 Å². The predicted octanol–water partition coefficient (Wildman–Crippen LogP) is 13.6. The first-order valence-corrected chi connectivity index (χ1v) is 20.4. The first-order valence-electron chi connectivity index (χ1n) is 20.4. The van der Waals surface area contributed by atoms with Crippen LogP contribution in [0.15, 0.2) is 194 Å². The van der Waals surface area contributed by atoms with Gasteiger partial charge in [0.2, 0.25) is 0 Å². The lowest BCUT2D eigenvalue weighted by atomic mass is 9.89. The number of hydrogen-bond donors (Lipinski definition) is 3. The Morgan fingerprint density at radius 3 is 2.28 bits per heavy atom. The molecule has 0 spiro atoms. The van der Waals surface area contributed by atoms with E-state index in [1.807, 2.05) is 87.5 Å². The topological polar surface area (TPSA) is 69.0 Å². The van der Waals surface area contributed by atoms with Gasteiger partial charge in [0.15, 0.2) is 0 Å². The summed E-state index contributed by atoms with van der Waals surface area (Å²) < 4.78 is 2.38. The van der Waals surface area contributed by atoms with E-state index in [1.165, 1.54) is 55.2 Å². The van der Waals surface area contributed by atoms with Crippen molar-refractivity contribution in [2.24, 2.45) is 0 Å². The molecule has 1 aliphatic heterocycles. The van der Waals surface area contributed by atoms with Gasteiger partial charge in [-0.1, -0.05) is 160 Å². The molecule has 2 heterocycles. The molecule has 5 N–H and O–H groups in total. The van der Waals surface area contributed by atoms with Crippen LogP contribution in [0.2, 0.25) is 0 Å². The molecule has 2 aliphatic rings. The number of nitrogens with two attached hydrogens (primary N) is 2. The van der Waals surface area contributed by atoms with Crippen molar-refractivity contribution in [1.82, 2.24) is 9.88 Å². The van der Waals surface area contributed by atoms with Gasteiger partial charge in [0, 0.05) is 40.1 Å². The van der Waals surface area contributed by atoms with Crippen molar-refractivity contribution in [3.63, 3.8) is 0 Å². The molecule has 0 saturated heterocycles. The zero-order valence-corrected chi connectivity index (χ0v) is 34.1. The van der Waals surface area contributed by atoms with Gasteiger partial charge in [-0.25, -0.2) is 0 Å². The number of fused-ring (bicyclic) bond motifs is 4. The molecule has 8 rings (SSSR count). The summed E-state index contributed by atoms with van der Waals surface area (Å²) >= 11 is 0. The highest BCUT2D eigenvalue weighted by molar-refractivity contribution is 6.10. The summed E-state index contributed by atoms with van der Waals surface area (Å²) in [6, 6.07) is 40.3. The first-order chi connectivity index (χ1) is 28.5. The van der Waals surface area contributed by atoms with E-state index in [0.717, 1.165) is 48.3 Å². The second kappa shape index (κ2) is 20.4. The van der Waals surface area contributed by atoms with E-state index < -0.39 is 0 Å². The van der Waals surface area contributed by atoms with Gasteiger partial charge in [0.1, 0.15) is 0 Å². The molecule has 0 amide bonds. The Hall–Kier alpha value is -6.78. The van der Waals surface area contributed by atoms with Crippen molar-refractivity contribution in [3.05, 3.63) is 217 Å². The van der Waals surface area contributed by atoms with Crippen LogP contribution < -0.4 is 16.8 Å². The number of rotatable bonds is 6. The lowest BCUT2D eigenvalue weighted by Gasteiger charge is -2.22. The normalized spacial score (nSPS) is 17.1. The van der Waals surface area contributed by atoms with Crippen LogP contribution >= 0.6 is 0 Å². The monoisotopic (exact) mass is 760 g/mol. The maximum Gasteiger partial charge on any atom is 0.0547 e. The summed E-state index contributed by atoms with van der Waals surface area (Å²) in [6.07, 6.45) is 29.1. The third-order valence-corrected chi connectivity index (χ3v) is 10.3. The van der Waals surface area contributed by atoms with Gasteiger partial charge in [-0.2, -0.15) is 0 Å². The minimum Gasteiger partial charge on any atom is -0.399 e. The van der Waals surface area contributed by atoms with Crippen LogP contribution in [0, 0.1) is 0 Å². The highest BCUT2D eigenvalue weighted by Crippen LogP contribution is 2.36. The van der Waals surface area contributed by atoms with Crippen molar-refractivity contribution in [3.8, 4) is 5.69 Å². The summed E-state index contributed by atoms with van der Waals surface area (Å²) in [5, 5.41) is 6.31. The van der Waals surface area contributed by atoms with Gasteiger partial charge in [0.05, 0.1) is 11.0 Å². The average molecular weight is 761 g/mol. The summed E-state index contributed by atoms with van der Waals surface area (Å²) in [7, 11) is 0. The van der Waals surface area contributed by atoms with Gasteiger partial charge in [0.25, 0.3) is 0 Å². The lowest BCUT2D eigenvalue weighted by molar-refractivity contribution is 0.688. The van der Waals surface area contributed by atoms with Crippen molar-refractivity contribution >= 4 is 50.4 Å². The first kappa shape index (κ1) is 40.9. The third-order valence-electron chi connectivity index (χ3n) is 10.3. The standard InChI is InChI=1S/C46H43N3.C6H7N.C2H6/c1-3-4-5-6-10-18-37-30-40(25-27-44(37)47)49-45-21-14-13-20-42(45)43-26-24-35(31-46(43)49)38-23-22-33(2)41-19-12-11-17-36(41)29-39(48-32-38)28-34-15-8-7-9-16-34;7-6-4-2-1-3-5-6;1-2/h3-15,17-21,24-28,30-32,39,48H,2,16,22-23,29,47H2,1H3;1-5H,7H2;1-2H3/b4-3-,6-5-,18-10+,34-28-,38-32+;;. The van der Waals surface area contributed by atoms with Gasteiger partial charge in [-0.15, -0.1) is 0 Å². The van der Waals surface area contributed by atoms with E-state index in [9.17, 15) is 0 Å². The minimum absolute atomic E-state index is 0.150. The van der Waals surface area contributed by atoms with Crippen LogP contribution in [0.4, 0.5) is 11.4 Å². The fourth-order valence-electron chi connectivity index (χ4n) is 7.43. The predicted molar refractivity (Wildman–Crippen MR) is 255 cm³/mol. The Balaban J connectivity index is 0.000000564. The largest absolute Gasteiger partial charge is 0.399 e. The molecule has 1 aliphatic carbocycles. The number of aromatic nitrogens is 1. The van der Waals surface area contributed by atoms with Crippen LogP contribution in [0.3, 0.4) is 0 Å². The minimum atomic E-state index is 0.150. The number of hydrogen-bond acceptors (Lipinski definition) is 3. The molecule has 4 heteroatoms. The van der Waals surface area contributed by atoms with Crippen LogP contribution in [-0.4, -0.2) is 10.6 Å². The molecule has 1 unspecified atom stereocenters. The molecular weight excluding hydrogens is 705 g/mol. The van der Waals surface area contributed by atoms with Crippen LogP contribution in [0.1, 0.15) is 62.3 Å². The van der Waals surface area contributed by atoms with Crippen LogP contribution in [0.25, 0.3) is 44.7 Å². The second-order valence-electron chi connectivity index (χ2n) is 14.2. The van der Waals surface area contributed by atoms with E-state index in [1.54, 1.807) is 0 Å². The Labute approximate surface area is 345 Å². The number of benzene rings is 5. The molecule has 1 aromatic heterocycles. The van der Waals surface area contributed by atoms with Gasteiger partial charge < -0.3 is 21.4 Å². The number of nitrogens with one attached hydrogen (secondary N) is 1. The van der Waals surface area contributed by atoms with E-state index >= 15 is 0 Å². The van der Waals surface area contributed by atoms with Gasteiger partial charge in [-0.05, 0) is 114 Å². The molecule has 292 valence electrons. The molecular formula is C54H56N4. The Bertz CT molecular complexity index is 2550. The maximum atomic E-state index is 6.46. The maximum absolute atomic E-state index is 6.46. The molecule has 5 aromatic carbocycles. The fourth-order valence-corrected chi connectivity index (χ4v) is 7.43. The quantitative estimate of drug-likeness (QED) is 0.117. The smallest absolute Gasteiger partial charge is 0.0547 e. The Morgan fingerprint density at radius 1 is 0.741 bits per heavy atom. The fraction of sp³-hybridized carbons (Fsp3) is 0.148. The van der Waals surface area contributed by atoms with E-state index in [-0.39, 0.29) is 6.04 Å². The van der Waals surface area contributed by atoms with E-state index in [2.05, 4.69) is 138 Å². The molecule has 0 radical (unpaired) electrons. The molecule has 4 nitrogen and oxygen atoms in total. The number of nitrogen functional groups attached to an aromatic ring is 2. The van der Waals surface area contributed by atoms with Crippen LogP contribution in [-0.2, 0) is 6.42 Å². The average Bonchev–Trinajstić information content (AvgIpc) is 3.59. The summed E-state index contributed by atoms with van der Waals surface area (Å²) in [6.45, 7) is 10.6. The number of anilines is 2. The van der Waals surface area contributed by atoms with Crippen molar-refractivity contribution in [1.29, 1.82) is 0 Å². The van der Waals surface area contributed by atoms with E-state index in [0.29, 0.717) is 0 Å². The zero-order valence-electron chi connectivity index (χ0n) is 34.1. The summed E-state index contributed by atoms with van der Waals surface area (Å²) in [4.78, 5) is 0. The molecule has 58 heavy (non-hydrogen) atoms. The van der Waals surface area contributed by atoms with Crippen LogP contribution in [0.5, 0.6) is 0 Å². The van der Waals surface area contributed by atoms with Crippen molar-refractivity contribution in [2.75, 3.05) is 11.5 Å². The van der Waals surface area contributed by atoms with E-state index in [4.69, 9.17) is 11.5 Å². The molecule has 6 aromatic rings. The molecule has 0 bridgehead atoms. The summed E-state index contributed by atoms with van der Waals surface area (Å²) in [5.74, 6) is 0. The second-order valence-corrected chi connectivity index (χ2v) is 14.2. The highest BCUT2D eigenvalue weighted by atomic mass is 15.0. The van der Waals surface area contributed by atoms with Crippen molar-refractivity contribution in [2.45, 2.75) is 52.5 Å². The zero-order chi connectivity index (χ0) is 40.7.